The molecule has 342 valence electrons. The van der Waals surface area contributed by atoms with Crippen LogP contribution in [0.1, 0.15) is 47.2 Å². The summed E-state index contributed by atoms with van der Waals surface area (Å²) in [5.74, 6) is 0. The van der Waals surface area contributed by atoms with Gasteiger partial charge in [-0.1, -0.05) is 226 Å². The first-order valence-electron chi connectivity index (χ1n) is 25.6. The highest BCUT2D eigenvalue weighted by Crippen LogP contribution is 2.63. The minimum Gasteiger partial charge on any atom is -0.310 e. The van der Waals surface area contributed by atoms with Crippen LogP contribution in [0.2, 0.25) is 0 Å². The molecule has 1 spiro atoms. The van der Waals surface area contributed by atoms with Crippen LogP contribution in [0.5, 0.6) is 0 Å². The highest BCUT2D eigenvalue weighted by molar-refractivity contribution is 5.99. The van der Waals surface area contributed by atoms with Crippen molar-refractivity contribution < 1.29 is 0 Å². The maximum absolute atomic E-state index is 2.51. The summed E-state index contributed by atoms with van der Waals surface area (Å²) in [6.45, 7) is 4.81. The lowest BCUT2D eigenvalue weighted by Crippen LogP contribution is -2.26. The number of fused-ring (bicyclic) bond motifs is 15. The first-order chi connectivity index (χ1) is 35.9. The van der Waals surface area contributed by atoms with Crippen molar-refractivity contribution in [3.8, 4) is 66.8 Å². The van der Waals surface area contributed by atoms with Crippen LogP contribution in [-0.2, 0) is 10.8 Å². The molecule has 73 heavy (non-hydrogen) atoms. The Labute approximate surface area is 427 Å². The fourth-order valence-electron chi connectivity index (χ4n) is 13.2. The number of benzene rings is 12. The lowest BCUT2D eigenvalue weighted by molar-refractivity contribution is 0.660. The summed E-state index contributed by atoms with van der Waals surface area (Å²) >= 11 is 0. The van der Waals surface area contributed by atoms with Gasteiger partial charge in [0, 0.05) is 22.5 Å². The van der Waals surface area contributed by atoms with Crippen molar-refractivity contribution >= 4 is 38.6 Å². The second-order valence-electron chi connectivity index (χ2n) is 20.8. The average Bonchev–Trinajstić information content (AvgIpc) is 4.01. The van der Waals surface area contributed by atoms with Crippen molar-refractivity contribution in [3.63, 3.8) is 0 Å². The third kappa shape index (κ3) is 6.09. The summed E-state index contributed by atoms with van der Waals surface area (Å²) in [7, 11) is 0. The monoisotopic (exact) mass is 927 g/mol. The average molecular weight is 928 g/mol. The number of rotatable bonds is 6. The van der Waals surface area contributed by atoms with Crippen molar-refractivity contribution in [2.75, 3.05) is 4.90 Å². The van der Waals surface area contributed by atoms with E-state index in [2.05, 4.69) is 280 Å². The molecule has 0 heterocycles. The minimum absolute atomic E-state index is 0.239. The quantitative estimate of drug-likeness (QED) is 0.161. The summed E-state index contributed by atoms with van der Waals surface area (Å²) in [5.41, 5.74) is 26.0. The lowest BCUT2D eigenvalue weighted by atomic mass is 9.70. The van der Waals surface area contributed by atoms with E-state index in [0.29, 0.717) is 0 Å². The van der Waals surface area contributed by atoms with Crippen LogP contribution in [0, 0.1) is 0 Å². The predicted molar refractivity (Wildman–Crippen MR) is 306 cm³/mol. The Hall–Kier alpha value is -9.04. The normalized spacial score (nSPS) is 13.8. The van der Waals surface area contributed by atoms with E-state index in [1.54, 1.807) is 0 Å². The Morgan fingerprint density at radius 2 is 0.658 bits per heavy atom. The van der Waals surface area contributed by atoms with Crippen LogP contribution in [0.4, 0.5) is 17.1 Å². The van der Waals surface area contributed by atoms with Crippen molar-refractivity contribution in [1.82, 2.24) is 0 Å². The van der Waals surface area contributed by atoms with Gasteiger partial charge in [-0.15, -0.1) is 0 Å². The van der Waals surface area contributed by atoms with Gasteiger partial charge < -0.3 is 4.90 Å². The van der Waals surface area contributed by atoms with Gasteiger partial charge in [0.2, 0.25) is 0 Å². The largest absolute Gasteiger partial charge is 0.310 e. The predicted octanol–water partition coefficient (Wildman–Crippen LogP) is 19.1. The fraction of sp³-hybridized carbons (Fsp3) is 0.0556. The first kappa shape index (κ1) is 41.7. The molecule has 0 aliphatic heterocycles. The molecule has 3 aliphatic carbocycles. The third-order valence-electron chi connectivity index (χ3n) is 16.7. The van der Waals surface area contributed by atoms with Crippen LogP contribution in [-0.4, -0.2) is 0 Å². The van der Waals surface area contributed by atoms with Crippen LogP contribution < -0.4 is 4.90 Å². The van der Waals surface area contributed by atoms with E-state index in [1.165, 1.54) is 122 Å². The van der Waals surface area contributed by atoms with E-state index in [0.717, 1.165) is 17.1 Å². The zero-order chi connectivity index (χ0) is 48.4. The Morgan fingerprint density at radius 1 is 0.247 bits per heavy atom. The Kier molecular flexibility index (Phi) is 8.99. The second-order valence-corrected chi connectivity index (χ2v) is 20.8. The Balaban J connectivity index is 0.872. The topological polar surface area (TPSA) is 3.24 Å². The summed E-state index contributed by atoms with van der Waals surface area (Å²) in [6.07, 6.45) is 0. The van der Waals surface area contributed by atoms with Gasteiger partial charge >= 0.3 is 0 Å². The molecular weight excluding hydrogens is 879 g/mol. The molecule has 0 saturated heterocycles. The molecule has 1 heteroatoms. The molecule has 12 aromatic rings. The number of nitrogens with zero attached hydrogens (tertiary/aromatic N) is 1. The second kappa shape index (κ2) is 15.7. The lowest BCUT2D eigenvalue weighted by Gasteiger charge is -2.32. The highest BCUT2D eigenvalue weighted by atomic mass is 15.1. The van der Waals surface area contributed by atoms with E-state index in [-0.39, 0.29) is 5.41 Å². The first-order valence-corrected chi connectivity index (χ1v) is 25.6. The maximum atomic E-state index is 2.51. The van der Waals surface area contributed by atoms with Gasteiger partial charge in [-0.2, -0.15) is 0 Å². The van der Waals surface area contributed by atoms with E-state index in [4.69, 9.17) is 0 Å². The zero-order valence-electron chi connectivity index (χ0n) is 40.8. The number of anilines is 3. The van der Waals surface area contributed by atoms with Gasteiger partial charge in [0.05, 0.1) is 5.41 Å². The minimum atomic E-state index is -0.451. The molecule has 0 aromatic heterocycles. The van der Waals surface area contributed by atoms with E-state index in [1.807, 2.05) is 0 Å². The zero-order valence-corrected chi connectivity index (χ0v) is 40.8. The van der Waals surface area contributed by atoms with Crippen molar-refractivity contribution in [2.24, 2.45) is 0 Å². The number of hydrogen-bond acceptors (Lipinski definition) is 1. The van der Waals surface area contributed by atoms with E-state index in [9.17, 15) is 0 Å². The Morgan fingerprint density at radius 3 is 1.30 bits per heavy atom. The van der Waals surface area contributed by atoms with Crippen LogP contribution >= 0.6 is 0 Å². The van der Waals surface area contributed by atoms with E-state index >= 15 is 0 Å². The summed E-state index contributed by atoms with van der Waals surface area (Å²) < 4.78 is 0. The van der Waals surface area contributed by atoms with Crippen LogP contribution in [0.15, 0.2) is 261 Å². The molecule has 0 bridgehead atoms. The van der Waals surface area contributed by atoms with E-state index < -0.39 is 5.41 Å². The molecular formula is C72H49N. The maximum Gasteiger partial charge on any atom is 0.0726 e. The van der Waals surface area contributed by atoms with Gasteiger partial charge in [0.15, 0.2) is 0 Å². The summed E-state index contributed by atoms with van der Waals surface area (Å²) in [6, 6.07) is 97.8. The SMILES string of the molecule is CC1(C)c2cc(-c3cccc4ccccc34)ccc2-c2ccc(N(c3ccc(-c4ccc(-c5ccc6ccccc6c5)cc4)cc3)c3ccc4c(c3)C3(c5ccccc5-c5ccccc53)c3ccccc3-4)cc21. The van der Waals surface area contributed by atoms with Gasteiger partial charge in [-0.25, -0.2) is 0 Å². The van der Waals surface area contributed by atoms with Crippen LogP contribution in [0.3, 0.4) is 0 Å². The van der Waals surface area contributed by atoms with Gasteiger partial charge in [-0.3, -0.25) is 0 Å². The Bertz CT molecular complexity index is 4160. The molecule has 0 amide bonds. The molecule has 15 rings (SSSR count). The van der Waals surface area contributed by atoms with Crippen molar-refractivity contribution in [1.29, 1.82) is 0 Å². The molecule has 0 saturated carbocycles. The number of hydrogen-bond donors (Lipinski definition) is 0. The molecule has 0 fully saturated rings. The van der Waals surface area contributed by atoms with Gasteiger partial charge in [0.25, 0.3) is 0 Å². The van der Waals surface area contributed by atoms with Crippen molar-refractivity contribution in [2.45, 2.75) is 24.7 Å². The molecule has 0 radical (unpaired) electrons. The summed E-state index contributed by atoms with van der Waals surface area (Å²) in [5, 5.41) is 5.06. The molecule has 12 aromatic carbocycles. The molecule has 0 N–H and O–H groups in total. The molecule has 3 aliphatic rings. The van der Waals surface area contributed by atoms with Gasteiger partial charge in [0.1, 0.15) is 0 Å². The third-order valence-corrected chi connectivity index (χ3v) is 16.7. The molecule has 0 unspecified atom stereocenters. The van der Waals surface area contributed by atoms with Gasteiger partial charge in [-0.05, 0) is 170 Å². The van der Waals surface area contributed by atoms with Crippen LogP contribution in [0.25, 0.3) is 88.3 Å². The molecule has 0 atom stereocenters. The fourth-order valence-corrected chi connectivity index (χ4v) is 13.2. The highest BCUT2D eigenvalue weighted by Gasteiger charge is 2.51. The van der Waals surface area contributed by atoms with Crippen molar-refractivity contribution in [3.05, 3.63) is 294 Å². The smallest absolute Gasteiger partial charge is 0.0726 e. The standard InChI is InChI=1S/C72H49N/c1-71(2)68-43-53(58-22-13-17-50-15-5-6-18-57(50)58)34-39-62(68)63-40-37-55(44-69(63)71)73(54-35-32-48(33-36-54)47-26-28-49(29-27-47)52-31-30-46-14-3-4-16-51(46)42-52)56-38-41-64-61-21-9-12-25-67(61)72(70(64)45-56)65-23-10-7-19-59(65)60-20-8-11-24-66(60)72/h3-45H,1-2H3. The summed E-state index contributed by atoms with van der Waals surface area (Å²) in [4.78, 5) is 2.50. The molecule has 1 nitrogen and oxygen atoms in total.